The molecule has 1 unspecified atom stereocenters. The van der Waals surface area contributed by atoms with Crippen LogP contribution in [0, 0.1) is 12.8 Å². The van der Waals surface area contributed by atoms with Crippen molar-refractivity contribution in [3.05, 3.63) is 38.0 Å². The Morgan fingerprint density at radius 3 is 2.68 bits per heavy atom. The zero-order valence-corrected chi connectivity index (χ0v) is 16.3. The molecule has 0 spiro atoms. The van der Waals surface area contributed by atoms with Crippen LogP contribution in [0.2, 0.25) is 0 Å². The fourth-order valence-corrected chi connectivity index (χ4v) is 4.67. The number of thiazole rings is 1. The fraction of sp³-hybridized carbons (Fsp3) is 0.562. The van der Waals surface area contributed by atoms with Crippen LogP contribution >= 0.6 is 35.1 Å². The molecule has 0 bridgehead atoms. The molecule has 1 fully saturated rings. The molecular weight excluding hydrogens is 391 g/mol. The lowest BCUT2D eigenvalue weighted by molar-refractivity contribution is -0.134. The van der Waals surface area contributed by atoms with Crippen LogP contribution in [0.4, 0.5) is 13.2 Å². The smallest absolute Gasteiger partial charge is 0.316 e. The number of aromatic nitrogens is 1. The standard InChI is InChI=1S/C16H20F3N3S2.ClH/c1-11-14(23-10-21-11)9-22(7-12-4-5-20-6-12)8-13-2-3-15(24-13)16(17,18)19;/h2-3,10,12,20H,4-9H2,1H3;1H. The summed E-state index contributed by atoms with van der Waals surface area (Å²) in [5, 5.41) is 3.35. The third-order valence-corrected chi connectivity index (χ3v) is 6.25. The van der Waals surface area contributed by atoms with Crippen LogP contribution in [0.25, 0.3) is 0 Å². The van der Waals surface area contributed by atoms with Crippen molar-refractivity contribution in [2.45, 2.75) is 32.6 Å². The first-order valence-electron chi connectivity index (χ1n) is 7.90. The molecule has 3 rings (SSSR count). The quantitative estimate of drug-likeness (QED) is 0.754. The number of aryl methyl sites for hydroxylation is 1. The Kier molecular flexibility index (Phi) is 7.28. The van der Waals surface area contributed by atoms with E-state index in [1.807, 2.05) is 12.4 Å². The first kappa shape index (κ1) is 20.6. The van der Waals surface area contributed by atoms with Crippen molar-refractivity contribution in [1.29, 1.82) is 0 Å². The normalized spacial score (nSPS) is 17.9. The number of halogens is 4. The molecular formula is C16H21ClF3N3S2. The molecule has 2 aromatic heterocycles. The van der Waals surface area contributed by atoms with Crippen LogP contribution in [-0.4, -0.2) is 29.5 Å². The summed E-state index contributed by atoms with van der Waals surface area (Å²) in [5.41, 5.74) is 2.84. The van der Waals surface area contributed by atoms with E-state index in [0.717, 1.165) is 54.5 Å². The highest BCUT2D eigenvalue weighted by Crippen LogP contribution is 2.35. The first-order valence-corrected chi connectivity index (χ1v) is 9.59. The summed E-state index contributed by atoms with van der Waals surface area (Å²) < 4.78 is 38.4. The maximum absolute atomic E-state index is 12.8. The second-order valence-electron chi connectivity index (χ2n) is 6.15. The number of nitrogens with zero attached hydrogens (tertiary/aromatic N) is 2. The van der Waals surface area contributed by atoms with E-state index < -0.39 is 11.1 Å². The van der Waals surface area contributed by atoms with Gasteiger partial charge in [0.1, 0.15) is 4.88 Å². The number of hydrogen-bond acceptors (Lipinski definition) is 5. The summed E-state index contributed by atoms with van der Waals surface area (Å²) in [6, 6.07) is 2.79. The van der Waals surface area contributed by atoms with E-state index in [2.05, 4.69) is 15.2 Å². The van der Waals surface area contributed by atoms with Gasteiger partial charge in [-0.15, -0.1) is 35.1 Å². The maximum Gasteiger partial charge on any atom is 0.425 e. The van der Waals surface area contributed by atoms with Gasteiger partial charge in [-0.2, -0.15) is 13.2 Å². The Balaban J connectivity index is 0.00000225. The fourth-order valence-electron chi connectivity index (χ4n) is 2.94. The van der Waals surface area contributed by atoms with E-state index in [0.29, 0.717) is 12.5 Å². The third kappa shape index (κ3) is 5.65. The van der Waals surface area contributed by atoms with E-state index in [1.165, 1.54) is 10.9 Å². The van der Waals surface area contributed by atoms with Gasteiger partial charge in [-0.1, -0.05) is 0 Å². The minimum atomic E-state index is -4.25. The van der Waals surface area contributed by atoms with Gasteiger partial charge < -0.3 is 5.32 Å². The van der Waals surface area contributed by atoms with Gasteiger partial charge in [0.25, 0.3) is 0 Å². The molecule has 1 atom stereocenters. The molecule has 1 saturated heterocycles. The molecule has 3 heterocycles. The highest BCUT2D eigenvalue weighted by atomic mass is 35.5. The third-order valence-electron chi connectivity index (χ3n) is 4.21. The highest BCUT2D eigenvalue weighted by Gasteiger charge is 2.32. The molecule has 1 N–H and O–H groups in total. The van der Waals surface area contributed by atoms with Gasteiger partial charge in [-0.05, 0) is 44.5 Å². The largest absolute Gasteiger partial charge is 0.425 e. The lowest BCUT2D eigenvalue weighted by Gasteiger charge is -2.24. The lowest BCUT2D eigenvalue weighted by Crippen LogP contribution is -2.29. The molecule has 2 aromatic rings. The van der Waals surface area contributed by atoms with Crippen LogP contribution in [0.5, 0.6) is 0 Å². The summed E-state index contributed by atoms with van der Waals surface area (Å²) in [7, 11) is 0. The van der Waals surface area contributed by atoms with Crippen LogP contribution in [0.15, 0.2) is 17.6 Å². The lowest BCUT2D eigenvalue weighted by atomic mass is 10.1. The average molecular weight is 412 g/mol. The number of hydrogen-bond donors (Lipinski definition) is 1. The van der Waals surface area contributed by atoms with Crippen molar-refractivity contribution >= 4 is 35.1 Å². The SMILES string of the molecule is Cc1ncsc1CN(Cc1ccc(C(F)(F)F)s1)CC1CCNC1.Cl. The van der Waals surface area contributed by atoms with Crippen LogP contribution in [0.3, 0.4) is 0 Å². The minimum absolute atomic E-state index is 0. The Hall–Kier alpha value is -0.670. The van der Waals surface area contributed by atoms with Crippen molar-refractivity contribution in [1.82, 2.24) is 15.2 Å². The van der Waals surface area contributed by atoms with Gasteiger partial charge in [0.15, 0.2) is 0 Å². The molecule has 25 heavy (non-hydrogen) atoms. The second kappa shape index (κ2) is 8.81. The number of rotatable bonds is 6. The van der Waals surface area contributed by atoms with Crippen molar-refractivity contribution in [3.63, 3.8) is 0 Å². The maximum atomic E-state index is 12.8. The number of thiophene rings is 1. The van der Waals surface area contributed by atoms with Crippen molar-refractivity contribution in [2.75, 3.05) is 19.6 Å². The summed E-state index contributed by atoms with van der Waals surface area (Å²) in [4.78, 5) is 7.96. The molecule has 1 aliphatic rings. The Morgan fingerprint density at radius 2 is 2.12 bits per heavy atom. The van der Waals surface area contributed by atoms with Crippen LogP contribution in [-0.2, 0) is 19.3 Å². The predicted molar refractivity (Wildman–Crippen MR) is 98.5 cm³/mol. The molecule has 1 aliphatic heterocycles. The molecule has 0 aromatic carbocycles. The first-order chi connectivity index (χ1) is 11.4. The van der Waals surface area contributed by atoms with Crippen molar-refractivity contribution < 1.29 is 13.2 Å². The molecule has 0 radical (unpaired) electrons. The Labute approximate surface area is 159 Å². The molecule has 140 valence electrons. The summed E-state index contributed by atoms with van der Waals surface area (Å²) in [5.74, 6) is 0.556. The van der Waals surface area contributed by atoms with Gasteiger partial charge in [0.2, 0.25) is 0 Å². The van der Waals surface area contributed by atoms with Crippen LogP contribution in [0.1, 0.15) is 26.7 Å². The highest BCUT2D eigenvalue weighted by molar-refractivity contribution is 7.12. The zero-order chi connectivity index (χ0) is 17.2. The van der Waals surface area contributed by atoms with E-state index >= 15 is 0 Å². The molecule has 0 saturated carbocycles. The topological polar surface area (TPSA) is 28.2 Å². The van der Waals surface area contributed by atoms with E-state index in [9.17, 15) is 13.2 Å². The molecule has 3 nitrogen and oxygen atoms in total. The Morgan fingerprint density at radius 1 is 1.32 bits per heavy atom. The van der Waals surface area contributed by atoms with Gasteiger partial charge in [0.05, 0.1) is 11.2 Å². The second-order valence-corrected chi connectivity index (χ2v) is 8.26. The van der Waals surface area contributed by atoms with E-state index in [-0.39, 0.29) is 12.4 Å². The van der Waals surface area contributed by atoms with E-state index in [4.69, 9.17) is 0 Å². The van der Waals surface area contributed by atoms with Gasteiger partial charge >= 0.3 is 6.18 Å². The average Bonchev–Trinajstić information content (AvgIpc) is 3.22. The monoisotopic (exact) mass is 411 g/mol. The molecule has 0 amide bonds. The Bertz CT molecular complexity index is 666. The number of alkyl halides is 3. The molecule has 0 aliphatic carbocycles. The summed E-state index contributed by atoms with van der Waals surface area (Å²) >= 11 is 2.46. The van der Waals surface area contributed by atoms with Crippen LogP contribution < -0.4 is 5.32 Å². The van der Waals surface area contributed by atoms with Gasteiger partial charge in [0, 0.05) is 29.4 Å². The predicted octanol–water partition coefficient (Wildman–Crippen LogP) is 4.57. The van der Waals surface area contributed by atoms with Crippen molar-refractivity contribution in [3.8, 4) is 0 Å². The van der Waals surface area contributed by atoms with Crippen molar-refractivity contribution in [2.24, 2.45) is 5.92 Å². The minimum Gasteiger partial charge on any atom is -0.316 e. The summed E-state index contributed by atoms with van der Waals surface area (Å²) in [6.07, 6.45) is -3.13. The zero-order valence-electron chi connectivity index (χ0n) is 13.8. The summed E-state index contributed by atoms with van der Waals surface area (Å²) in [6.45, 7) is 6.17. The van der Waals surface area contributed by atoms with Gasteiger partial charge in [-0.3, -0.25) is 4.90 Å². The number of nitrogens with one attached hydrogen (secondary N) is 1. The van der Waals surface area contributed by atoms with E-state index in [1.54, 1.807) is 17.4 Å². The van der Waals surface area contributed by atoms with Gasteiger partial charge in [-0.25, -0.2) is 4.98 Å². The molecule has 9 heteroatoms.